The Labute approximate surface area is 175 Å². The molecule has 3 N–H and O–H groups in total. The molecular weight excluding hydrogens is 407 g/mol. The second-order valence-corrected chi connectivity index (χ2v) is 7.53. The molecule has 0 spiro atoms. The van der Waals surface area contributed by atoms with Crippen LogP contribution in [0.25, 0.3) is 0 Å². The molecule has 164 valence electrons. The molecule has 0 bridgehead atoms. The normalized spacial score (nSPS) is 15.3. The van der Waals surface area contributed by atoms with Crippen molar-refractivity contribution >= 4 is 29.9 Å². The number of nitrogens with one attached hydrogen (secondary N) is 1. The van der Waals surface area contributed by atoms with Gasteiger partial charge in [0.15, 0.2) is 17.5 Å². The van der Waals surface area contributed by atoms with Gasteiger partial charge in [0.05, 0.1) is 12.2 Å². The molecule has 29 heavy (non-hydrogen) atoms. The van der Waals surface area contributed by atoms with E-state index in [1.807, 2.05) is 6.92 Å². The highest BCUT2D eigenvalue weighted by molar-refractivity contribution is 5.94. The summed E-state index contributed by atoms with van der Waals surface area (Å²) in [6.07, 6.45) is 5.91. The molecule has 0 atom stereocenters. The zero-order valence-electron chi connectivity index (χ0n) is 16.6. The van der Waals surface area contributed by atoms with Crippen molar-refractivity contribution in [3.63, 3.8) is 0 Å². The number of benzene rings is 1. The molecule has 2 rings (SSSR count). The fraction of sp³-hybridized carbons (Fsp3) is 0.600. The van der Waals surface area contributed by atoms with Crippen molar-refractivity contribution < 1.29 is 22.8 Å². The smallest absolute Gasteiger partial charge is 0.244 e. The number of carbonyl (C=O) groups excluding carboxylic acids is 2. The Balaban J connectivity index is 0.00000420. The van der Waals surface area contributed by atoms with Crippen molar-refractivity contribution in [2.45, 2.75) is 51.9 Å². The SMILES string of the molecule is CCCN(CC(=O)Nc1ccc(F)c(F)c1F)C(=O)CC1(CN)CCCCC1.Cl. The second kappa shape index (κ2) is 11.4. The van der Waals surface area contributed by atoms with E-state index in [0.29, 0.717) is 19.5 Å². The van der Waals surface area contributed by atoms with E-state index in [0.717, 1.165) is 44.2 Å². The molecule has 2 amide bonds. The van der Waals surface area contributed by atoms with Gasteiger partial charge in [0, 0.05) is 13.0 Å². The number of halogens is 4. The maximum absolute atomic E-state index is 13.7. The molecule has 1 aromatic rings. The maximum atomic E-state index is 13.7. The number of hydrogen-bond acceptors (Lipinski definition) is 3. The van der Waals surface area contributed by atoms with E-state index in [2.05, 4.69) is 5.32 Å². The molecule has 5 nitrogen and oxygen atoms in total. The minimum absolute atomic E-state index is 0. The fourth-order valence-electron chi connectivity index (χ4n) is 3.73. The summed E-state index contributed by atoms with van der Waals surface area (Å²) in [4.78, 5) is 26.5. The van der Waals surface area contributed by atoms with E-state index >= 15 is 0 Å². The molecule has 9 heteroatoms. The lowest BCUT2D eigenvalue weighted by Crippen LogP contribution is -2.43. The number of hydrogen-bond donors (Lipinski definition) is 2. The largest absolute Gasteiger partial charge is 0.333 e. The van der Waals surface area contributed by atoms with E-state index in [1.165, 1.54) is 4.90 Å². The highest BCUT2D eigenvalue weighted by Crippen LogP contribution is 2.38. The van der Waals surface area contributed by atoms with Crippen molar-refractivity contribution in [3.8, 4) is 0 Å². The number of amides is 2. The molecule has 0 radical (unpaired) electrons. The first-order valence-electron chi connectivity index (χ1n) is 9.73. The van der Waals surface area contributed by atoms with Crippen molar-refractivity contribution in [2.24, 2.45) is 11.1 Å². The first-order valence-corrected chi connectivity index (χ1v) is 9.73. The van der Waals surface area contributed by atoms with E-state index < -0.39 is 29.0 Å². The van der Waals surface area contributed by atoms with Gasteiger partial charge in [-0.2, -0.15) is 0 Å². The van der Waals surface area contributed by atoms with Gasteiger partial charge in [-0.3, -0.25) is 9.59 Å². The third kappa shape index (κ3) is 6.60. The van der Waals surface area contributed by atoms with Gasteiger partial charge < -0.3 is 16.0 Å². The molecule has 0 unspecified atom stereocenters. The minimum atomic E-state index is -1.65. The van der Waals surface area contributed by atoms with Crippen LogP contribution in [0, 0.1) is 22.9 Å². The van der Waals surface area contributed by atoms with Crippen molar-refractivity contribution in [1.82, 2.24) is 4.90 Å². The molecule has 0 heterocycles. The van der Waals surface area contributed by atoms with Crippen LogP contribution in [0.5, 0.6) is 0 Å². The lowest BCUT2D eigenvalue weighted by atomic mass is 9.71. The van der Waals surface area contributed by atoms with Crippen LogP contribution in [0.4, 0.5) is 18.9 Å². The summed E-state index contributed by atoms with van der Waals surface area (Å²) in [5.74, 6) is -5.29. The topological polar surface area (TPSA) is 75.4 Å². The summed E-state index contributed by atoms with van der Waals surface area (Å²) < 4.78 is 40.1. The number of anilines is 1. The predicted octanol–water partition coefficient (Wildman–Crippen LogP) is 4.00. The Bertz CT molecular complexity index is 712. The van der Waals surface area contributed by atoms with E-state index in [4.69, 9.17) is 5.73 Å². The van der Waals surface area contributed by atoms with Gasteiger partial charge in [0.2, 0.25) is 11.8 Å². The molecule has 1 aromatic carbocycles. The van der Waals surface area contributed by atoms with Crippen LogP contribution >= 0.6 is 12.4 Å². The zero-order valence-corrected chi connectivity index (χ0v) is 17.4. The molecule has 0 saturated heterocycles. The van der Waals surface area contributed by atoms with Crippen molar-refractivity contribution in [3.05, 3.63) is 29.6 Å². The minimum Gasteiger partial charge on any atom is -0.333 e. The van der Waals surface area contributed by atoms with Gasteiger partial charge in [-0.05, 0) is 43.4 Å². The highest BCUT2D eigenvalue weighted by Gasteiger charge is 2.34. The Hall–Kier alpha value is -1.80. The average molecular weight is 436 g/mol. The van der Waals surface area contributed by atoms with Crippen LogP contribution in [-0.4, -0.2) is 36.3 Å². The van der Waals surface area contributed by atoms with Crippen LogP contribution in [0.15, 0.2) is 12.1 Å². The van der Waals surface area contributed by atoms with Crippen LogP contribution < -0.4 is 11.1 Å². The molecule has 1 aliphatic carbocycles. The summed E-state index contributed by atoms with van der Waals surface area (Å²) >= 11 is 0. The van der Waals surface area contributed by atoms with E-state index in [-0.39, 0.29) is 36.7 Å². The average Bonchev–Trinajstić information content (AvgIpc) is 2.68. The lowest BCUT2D eigenvalue weighted by molar-refractivity contribution is -0.137. The Morgan fingerprint density at radius 1 is 1.14 bits per heavy atom. The molecule has 0 aromatic heterocycles. The monoisotopic (exact) mass is 435 g/mol. The van der Waals surface area contributed by atoms with Crippen LogP contribution in [0.3, 0.4) is 0 Å². The standard InChI is InChI=1S/C20H28F3N3O2.ClH/c1-2-10-26(17(28)11-20(13-24)8-4-3-5-9-20)12-16(27)25-15-7-6-14(21)18(22)19(15)23;/h6-7H,2-5,8-13,24H2,1H3,(H,25,27);1H. The van der Waals surface area contributed by atoms with Gasteiger partial charge in [-0.1, -0.05) is 26.2 Å². The summed E-state index contributed by atoms with van der Waals surface area (Å²) in [5.41, 5.74) is 5.26. The summed E-state index contributed by atoms with van der Waals surface area (Å²) in [5, 5.41) is 2.21. The number of nitrogens with two attached hydrogens (primary N) is 1. The van der Waals surface area contributed by atoms with Gasteiger partial charge in [0.25, 0.3) is 0 Å². The van der Waals surface area contributed by atoms with Crippen molar-refractivity contribution in [1.29, 1.82) is 0 Å². The summed E-state index contributed by atoms with van der Waals surface area (Å²) in [7, 11) is 0. The molecule has 0 aliphatic heterocycles. The fourth-order valence-corrected chi connectivity index (χ4v) is 3.73. The quantitative estimate of drug-likeness (QED) is 0.606. The van der Waals surface area contributed by atoms with Crippen molar-refractivity contribution in [2.75, 3.05) is 25.0 Å². The Morgan fingerprint density at radius 2 is 1.79 bits per heavy atom. The van der Waals surface area contributed by atoms with Gasteiger partial charge in [0.1, 0.15) is 0 Å². The molecule has 1 fully saturated rings. The second-order valence-electron chi connectivity index (χ2n) is 7.53. The molecule has 1 aliphatic rings. The predicted molar refractivity (Wildman–Crippen MR) is 108 cm³/mol. The van der Waals surface area contributed by atoms with Gasteiger partial charge in [-0.15, -0.1) is 12.4 Å². The Morgan fingerprint density at radius 3 is 2.38 bits per heavy atom. The van der Waals surface area contributed by atoms with E-state index in [9.17, 15) is 22.8 Å². The molecular formula is C20H29ClF3N3O2. The zero-order chi connectivity index (χ0) is 20.7. The lowest BCUT2D eigenvalue weighted by Gasteiger charge is -2.37. The summed E-state index contributed by atoms with van der Waals surface area (Å²) in [6, 6.07) is 1.68. The summed E-state index contributed by atoms with van der Waals surface area (Å²) in [6.45, 7) is 2.39. The van der Waals surface area contributed by atoms with E-state index in [1.54, 1.807) is 0 Å². The Kier molecular flexibility index (Phi) is 9.92. The number of rotatable bonds is 8. The van der Waals surface area contributed by atoms with Gasteiger partial charge in [-0.25, -0.2) is 13.2 Å². The van der Waals surface area contributed by atoms with Crippen LogP contribution in [0.1, 0.15) is 51.9 Å². The highest BCUT2D eigenvalue weighted by atomic mass is 35.5. The third-order valence-electron chi connectivity index (χ3n) is 5.36. The van der Waals surface area contributed by atoms with Crippen LogP contribution in [0.2, 0.25) is 0 Å². The third-order valence-corrected chi connectivity index (χ3v) is 5.36. The number of nitrogens with zero attached hydrogens (tertiary/aromatic N) is 1. The first-order chi connectivity index (χ1) is 13.3. The number of carbonyl (C=O) groups is 2. The van der Waals surface area contributed by atoms with Crippen LogP contribution in [-0.2, 0) is 9.59 Å². The maximum Gasteiger partial charge on any atom is 0.244 e. The first kappa shape index (κ1) is 25.2. The molecule has 1 saturated carbocycles. The van der Waals surface area contributed by atoms with Gasteiger partial charge >= 0.3 is 0 Å².